The minimum Gasteiger partial charge on any atom is -0.493 e. The van der Waals surface area contributed by atoms with Crippen LogP contribution in [0.4, 0.5) is 13.2 Å². The minimum absolute atomic E-state index is 0.193. The van der Waals surface area contributed by atoms with Crippen molar-refractivity contribution in [1.29, 1.82) is 0 Å². The minimum atomic E-state index is -4.79. The van der Waals surface area contributed by atoms with E-state index >= 15 is 0 Å². The predicted molar refractivity (Wildman–Crippen MR) is 132 cm³/mol. The molecule has 0 saturated heterocycles. The number of rotatable bonds is 5. The van der Waals surface area contributed by atoms with E-state index in [-0.39, 0.29) is 5.56 Å². The molecule has 1 aliphatic rings. The number of aryl methyl sites for hydroxylation is 2. The normalized spacial score (nSPS) is 14.6. The van der Waals surface area contributed by atoms with Crippen molar-refractivity contribution in [3.05, 3.63) is 76.9 Å². The zero-order chi connectivity index (χ0) is 26.3. The van der Waals surface area contributed by atoms with Gasteiger partial charge >= 0.3 is 12.1 Å². The van der Waals surface area contributed by atoms with Gasteiger partial charge in [-0.15, -0.1) is 0 Å². The van der Waals surface area contributed by atoms with Crippen molar-refractivity contribution in [2.24, 2.45) is 0 Å². The van der Waals surface area contributed by atoms with E-state index in [0.717, 1.165) is 30.0 Å². The van der Waals surface area contributed by atoms with Gasteiger partial charge in [0.2, 0.25) is 0 Å². The van der Waals surface area contributed by atoms with Gasteiger partial charge in [0.15, 0.2) is 6.10 Å². The zero-order valence-corrected chi connectivity index (χ0v) is 20.7. The van der Waals surface area contributed by atoms with Crippen LogP contribution in [0.3, 0.4) is 0 Å². The van der Waals surface area contributed by atoms with E-state index in [1.807, 2.05) is 31.2 Å². The van der Waals surface area contributed by atoms with Crippen LogP contribution >= 0.6 is 0 Å². The average Bonchev–Trinajstić information content (AvgIpc) is 2.80. The second kappa shape index (κ2) is 9.62. The summed E-state index contributed by atoms with van der Waals surface area (Å²) in [6, 6.07) is 15.0. The van der Waals surface area contributed by atoms with Crippen LogP contribution in [0, 0.1) is 6.92 Å². The molecule has 0 amide bonds. The van der Waals surface area contributed by atoms with Crippen molar-refractivity contribution in [1.82, 2.24) is 0 Å². The molecule has 36 heavy (non-hydrogen) atoms. The number of carboxylic acids is 1. The van der Waals surface area contributed by atoms with E-state index in [4.69, 9.17) is 9.47 Å². The highest BCUT2D eigenvalue weighted by atomic mass is 19.4. The monoisotopic (exact) mass is 498 g/mol. The Morgan fingerprint density at radius 2 is 1.67 bits per heavy atom. The molecule has 0 bridgehead atoms. The van der Waals surface area contributed by atoms with Gasteiger partial charge in [0.05, 0.1) is 17.8 Å². The molecule has 0 fully saturated rings. The topological polar surface area (TPSA) is 55.8 Å². The maximum Gasteiger partial charge on any atom is 0.416 e. The third-order valence-corrected chi connectivity index (χ3v) is 6.07. The predicted octanol–water partition coefficient (Wildman–Crippen LogP) is 7.61. The van der Waals surface area contributed by atoms with Gasteiger partial charge in [-0.2, -0.15) is 13.2 Å². The molecule has 190 valence electrons. The fourth-order valence-corrected chi connectivity index (χ4v) is 4.53. The quantitative estimate of drug-likeness (QED) is 0.393. The summed E-state index contributed by atoms with van der Waals surface area (Å²) in [5.41, 5.74) is 1.29. The van der Waals surface area contributed by atoms with Gasteiger partial charge in [0.25, 0.3) is 0 Å². The van der Waals surface area contributed by atoms with Crippen LogP contribution in [0.15, 0.2) is 54.6 Å². The molecule has 0 saturated carbocycles. The smallest absolute Gasteiger partial charge is 0.416 e. The second-order valence-electron chi connectivity index (χ2n) is 10.0. The first-order valence-corrected chi connectivity index (χ1v) is 11.8. The lowest BCUT2D eigenvalue weighted by Gasteiger charge is -2.30. The standard InChI is InChI=1S/C29H29F3O4/c1-17-7-9-18(10-8-17)21-12-13-22(29(30,31)32)25(26(27(33)34)36-28(2,3)4)24(21)20-11-14-23-19(16-20)6-5-15-35-23/h7-14,16,26H,5-6,15H2,1-4H3,(H,33,34). The van der Waals surface area contributed by atoms with Gasteiger partial charge < -0.3 is 14.6 Å². The Hall–Kier alpha value is -3.32. The highest BCUT2D eigenvalue weighted by Crippen LogP contribution is 2.47. The third kappa shape index (κ3) is 5.41. The lowest BCUT2D eigenvalue weighted by molar-refractivity contribution is -0.163. The Morgan fingerprint density at radius 3 is 2.28 bits per heavy atom. The lowest BCUT2D eigenvalue weighted by atomic mass is 9.84. The van der Waals surface area contributed by atoms with Gasteiger partial charge in [0.1, 0.15) is 5.75 Å². The number of aliphatic carboxylic acids is 1. The molecular formula is C29H29F3O4. The van der Waals surface area contributed by atoms with E-state index in [9.17, 15) is 23.1 Å². The lowest BCUT2D eigenvalue weighted by Crippen LogP contribution is -2.29. The van der Waals surface area contributed by atoms with E-state index in [0.29, 0.717) is 29.0 Å². The van der Waals surface area contributed by atoms with Gasteiger partial charge in [0, 0.05) is 5.56 Å². The summed E-state index contributed by atoms with van der Waals surface area (Å²) >= 11 is 0. The zero-order valence-electron chi connectivity index (χ0n) is 20.7. The summed E-state index contributed by atoms with van der Waals surface area (Å²) in [4.78, 5) is 12.5. The molecule has 1 aliphatic heterocycles. The van der Waals surface area contributed by atoms with Crippen molar-refractivity contribution in [3.63, 3.8) is 0 Å². The molecule has 1 atom stereocenters. The Kier molecular flexibility index (Phi) is 6.88. The summed E-state index contributed by atoms with van der Waals surface area (Å²) in [5.74, 6) is -0.796. The van der Waals surface area contributed by atoms with E-state index in [1.54, 1.807) is 39.0 Å². The molecule has 7 heteroatoms. The molecule has 1 N–H and O–H groups in total. The van der Waals surface area contributed by atoms with Gasteiger partial charge in [-0.1, -0.05) is 42.0 Å². The molecule has 1 heterocycles. The first kappa shape index (κ1) is 25.8. The largest absolute Gasteiger partial charge is 0.493 e. The van der Waals surface area contributed by atoms with Crippen molar-refractivity contribution < 1.29 is 32.5 Å². The van der Waals surface area contributed by atoms with Crippen LogP contribution in [0.5, 0.6) is 5.75 Å². The van der Waals surface area contributed by atoms with E-state index in [2.05, 4.69) is 0 Å². The number of benzene rings is 3. The summed E-state index contributed by atoms with van der Waals surface area (Å²) < 4.78 is 54.7. The molecule has 4 nitrogen and oxygen atoms in total. The molecule has 0 aromatic heterocycles. The van der Waals surface area contributed by atoms with Gasteiger partial charge in [-0.3, -0.25) is 0 Å². The fraction of sp³-hybridized carbons (Fsp3) is 0.345. The van der Waals surface area contributed by atoms with Crippen LogP contribution in [0.1, 0.15) is 55.5 Å². The fourth-order valence-electron chi connectivity index (χ4n) is 4.53. The number of halogens is 3. The number of hydrogen-bond acceptors (Lipinski definition) is 3. The number of carboxylic acid groups (broad SMARTS) is 1. The Labute approximate surface area is 208 Å². The summed E-state index contributed by atoms with van der Waals surface area (Å²) in [6.07, 6.45) is -5.11. The van der Waals surface area contributed by atoms with Crippen molar-refractivity contribution in [2.75, 3.05) is 6.61 Å². The first-order chi connectivity index (χ1) is 16.8. The van der Waals surface area contributed by atoms with Crippen LogP contribution in [-0.4, -0.2) is 23.3 Å². The third-order valence-electron chi connectivity index (χ3n) is 6.07. The summed E-state index contributed by atoms with van der Waals surface area (Å²) in [6.45, 7) is 7.36. The second-order valence-corrected chi connectivity index (χ2v) is 10.0. The molecule has 3 aromatic rings. The number of alkyl halides is 3. The number of ether oxygens (including phenoxy) is 2. The highest BCUT2D eigenvalue weighted by Gasteiger charge is 2.41. The number of carbonyl (C=O) groups is 1. The Balaban J connectivity index is 2.10. The van der Waals surface area contributed by atoms with Crippen molar-refractivity contribution in [2.45, 2.75) is 58.4 Å². The van der Waals surface area contributed by atoms with Gasteiger partial charge in [-0.05, 0) is 86.6 Å². The maximum absolute atomic E-state index is 14.4. The van der Waals surface area contributed by atoms with Crippen molar-refractivity contribution in [3.8, 4) is 28.0 Å². The Morgan fingerprint density at radius 1 is 1.00 bits per heavy atom. The van der Waals surface area contributed by atoms with E-state index < -0.39 is 35.0 Å². The molecule has 3 aromatic carbocycles. The van der Waals surface area contributed by atoms with Gasteiger partial charge in [-0.25, -0.2) is 4.79 Å². The van der Waals surface area contributed by atoms with Crippen LogP contribution in [0.2, 0.25) is 0 Å². The van der Waals surface area contributed by atoms with Crippen molar-refractivity contribution >= 4 is 5.97 Å². The van der Waals surface area contributed by atoms with Crippen LogP contribution in [0.25, 0.3) is 22.3 Å². The summed E-state index contributed by atoms with van der Waals surface area (Å²) in [5, 5.41) is 10.1. The highest BCUT2D eigenvalue weighted by molar-refractivity contribution is 5.91. The molecule has 0 radical (unpaired) electrons. The molecule has 0 spiro atoms. The first-order valence-electron chi connectivity index (χ1n) is 11.8. The molecule has 0 aliphatic carbocycles. The number of hydrogen-bond donors (Lipinski definition) is 1. The van der Waals surface area contributed by atoms with Crippen LogP contribution in [-0.2, 0) is 22.1 Å². The van der Waals surface area contributed by atoms with E-state index in [1.165, 1.54) is 6.07 Å². The molecular weight excluding hydrogens is 469 g/mol. The summed E-state index contributed by atoms with van der Waals surface area (Å²) in [7, 11) is 0. The average molecular weight is 499 g/mol. The SMILES string of the molecule is Cc1ccc(-c2ccc(C(F)(F)F)c(C(OC(C)(C)C)C(=O)O)c2-c2ccc3c(c2)CCCO3)cc1. The van der Waals surface area contributed by atoms with Crippen LogP contribution < -0.4 is 4.74 Å². The molecule has 1 unspecified atom stereocenters. The Bertz CT molecular complexity index is 1270. The molecule has 4 rings (SSSR count). The number of fused-ring (bicyclic) bond motifs is 1. The maximum atomic E-state index is 14.4.